The molecule has 0 N–H and O–H groups in total. The average Bonchev–Trinajstić information content (AvgIpc) is 3.05. The smallest absolute Gasteiger partial charge is 0.150 e. The van der Waals surface area contributed by atoms with E-state index in [1.54, 1.807) is 0 Å². The van der Waals surface area contributed by atoms with Gasteiger partial charge in [0, 0.05) is 17.8 Å². The van der Waals surface area contributed by atoms with Gasteiger partial charge in [-0.05, 0) is 46.2 Å². The van der Waals surface area contributed by atoms with Gasteiger partial charge >= 0.3 is 0 Å². The average molecular weight is 274 g/mol. The Labute approximate surface area is 119 Å². The summed E-state index contributed by atoms with van der Waals surface area (Å²) in [6, 6.07) is 4.70. The van der Waals surface area contributed by atoms with Gasteiger partial charge in [0.2, 0.25) is 0 Å². The molecule has 1 unspecified atom stereocenters. The van der Waals surface area contributed by atoms with Gasteiger partial charge in [-0.25, -0.2) is 0 Å². The van der Waals surface area contributed by atoms with E-state index in [1.807, 2.05) is 19.9 Å². The van der Waals surface area contributed by atoms with E-state index in [1.165, 1.54) is 18.5 Å². The van der Waals surface area contributed by atoms with Gasteiger partial charge in [-0.2, -0.15) is 5.10 Å². The molecule has 2 aromatic heterocycles. The first-order valence-corrected chi connectivity index (χ1v) is 7.29. The number of rotatable bonds is 4. The van der Waals surface area contributed by atoms with Crippen molar-refractivity contribution in [3.63, 3.8) is 0 Å². The number of hydrogen-bond donors (Lipinski definition) is 0. The van der Waals surface area contributed by atoms with Crippen molar-refractivity contribution in [3.05, 3.63) is 35.0 Å². The van der Waals surface area contributed by atoms with Gasteiger partial charge in [0.15, 0.2) is 5.76 Å². The van der Waals surface area contributed by atoms with Gasteiger partial charge < -0.3 is 4.52 Å². The zero-order chi connectivity index (χ0) is 14.1. The minimum atomic E-state index is 0.540. The van der Waals surface area contributed by atoms with E-state index >= 15 is 0 Å². The molecule has 2 aromatic rings. The predicted molar refractivity (Wildman–Crippen MR) is 76.4 cm³/mol. The molecule has 0 aromatic carbocycles. The number of aromatic nitrogens is 3. The number of nitrogens with zero attached hydrogens (tertiary/aromatic N) is 4. The highest BCUT2D eigenvalue weighted by atomic mass is 16.5. The Kier molecular flexibility index (Phi) is 3.61. The Hall–Kier alpha value is -1.62. The lowest BCUT2D eigenvalue weighted by Gasteiger charge is -2.23. The van der Waals surface area contributed by atoms with Crippen molar-refractivity contribution in [1.82, 2.24) is 19.8 Å². The fourth-order valence-electron chi connectivity index (χ4n) is 3.06. The second kappa shape index (κ2) is 5.40. The van der Waals surface area contributed by atoms with Crippen molar-refractivity contribution >= 4 is 0 Å². The molecular formula is C15H22N4O. The van der Waals surface area contributed by atoms with E-state index < -0.39 is 0 Å². The molecule has 1 atom stereocenters. The van der Waals surface area contributed by atoms with Gasteiger partial charge in [0.05, 0.1) is 24.5 Å². The monoisotopic (exact) mass is 274 g/mol. The van der Waals surface area contributed by atoms with Crippen molar-refractivity contribution in [2.75, 3.05) is 6.54 Å². The van der Waals surface area contributed by atoms with E-state index in [9.17, 15) is 0 Å². The van der Waals surface area contributed by atoms with Crippen molar-refractivity contribution in [2.45, 2.75) is 52.7 Å². The third-order valence-electron chi connectivity index (χ3n) is 4.02. The molecule has 0 saturated carbocycles. The van der Waals surface area contributed by atoms with E-state index in [0.29, 0.717) is 6.04 Å². The number of likely N-dealkylation sites (tertiary alicyclic amines) is 1. The lowest BCUT2D eigenvalue weighted by Crippen LogP contribution is -2.33. The summed E-state index contributed by atoms with van der Waals surface area (Å²) in [6.45, 7) is 9.08. The summed E-state index contributed by atoms with van der Waals surface area (Å²) in [7, 11) is 0. The third kappa shape index (κ3) is 2.77. The molecule has 20 heavy (non-hydrogen) atoms. The molecule has 5 heteroatoms. The summed E-state index contributed by atoms with van der Waals surface area (Å²) in [5.74, 6) is 0.961. The topological polar surface area (TPSA) is 47.1 Å². The van der Waals surface area contributed by atoms with Crippen LogP contribution in [0.5, 0.6) is 0 Å². The van der Waals surface area contributed by atoms with E-state index in [0.717, 1.165) is 36.8 Å². The molecule has 0 spiro atoms. The van der Waals surface area contributed by atoms with Gasteiger partial charge in [-0.15, -0.1) is 0 Å². The van der Waals surface area contributed by atoms with Crippen LogP contribution < -0.4 is 0 Å². The maximum atomic E-state index is 5.34. The zero-order valence-corrected chi connectivity index (χ0v) is 12.5. The first-order valence-electron chi connectivity index (χ1n) is 7.29. The molecule has 1 saturated heterocycles. The Morgan fingerprint density at radius 1 is 1.25 bits per heavy atom. The Morgan fingerprint density at radius 3 is 2.75 bits per heavy atom. The van der Waals surface area contributed by atoms with Gasteiger partial charge in [0.1, 0.15) is 0 Å². The second-order valence-electron chi connectivity index (χ2n) is 5.81. The molecule has 108 valence electrons. The summed E-state index contributed by atoms with van der Waals surface area (Å²) < 4.78 is 7.47. The first kappa shape index (κ1) is 13.4. The number of aryl methyl sites for hydroxylation is 3. The van der Waals surface area contributed by atoms with E-state index in [2.05, 4.69) is 32.8 Å². The van der Waals surface area contributed by atoms with E-state index in [4.69, 9.17) is 4.52 Å². The fraction of sp³-hybridized carbons (Fsp3) is 0.600. The van der Waals surface area contributed by atoms with Crippen LogP contribution in [0, 0.1) is 20.8 Å². The van der Waals surface area contributed by atoms with Crippen LogP contribution in [0.25, 0.3) is 0 Å². The minimum absolute atomic E-state index is 0.540. The summed E-state index contributed by atoms with van der Waals surface area (Å²) >= 11 is 0. The quantitative estimate of drug-likeness (QED) is 0.859. The molecule has 0 aliphatic carbocycles. The molecule has 0 bridgehead atoms. The summed E-state index contributed by atoms with van der Waals surface area (Å²) in [6.07, 6.45) is 2.47. The van der Waals surface area contributed by atoms with Crippen molar-refractivity contribution < 1.29 is 4.52 Å². The van der Waals surface area contributed by atoms with Crippen molar-refractivity contribution in [3.8, 4) is 0 Å². The highest BCUT2D eigenvalue weighted by Crippen LogP contribution is 2.22. The van der Waals surface area contributed by atoms with Crippen LogP contribution in [-0.2, 0) is 13.1 Å². The lowest BCUT2D eigenvalue weighted by atomic mass is 10.2. The normalized spacial score (nSPS) is 19.9. The molecule has 1 aliphatic heterocycles. The summed E-state index contributed by atoms with van der Waals surface area (Å²) in [4.78, 5) is 2.48. The Balaban J connectivity index is 1.67. The van der Waals surface area contributed by atoms with Gasteiger partial charge in [-0.1, -0.05) is 5.16 Å². The predicted octanol–water partition coefficient (Wildman–Crippen LogP) is 2.46. The standard InChI is InChI=1S/C15H22N4O/c1-11-7-13(3)19(16-11)9-14-5-4-6-18(14)10-15-8-12(2)17-20-15/h7-8,14H,4-6,9-10H2,1-3H3. The van der Waals surface area contributed by atoms with Gasteiger partial charge in [-0.3, -0.25) is 9.58 Å². The molecule has 0 radical (unpaired) electrons. The van der Waals surface area contributed by atoms with Gasteiger partial charge in [0.25, 0.3) is 0 Å². The molecule has 0 amide bonds. The van der Waals surface area contributed by atoms with Crippen LogP contribution in [0.4, 0.5) is 0 Å². The molecule has 5 nitrogen and oxygen atoms in total. The maximum absolute atomic E-state index is 5.34. The molecule has 3 rings (SSSR count). The van der Waals surface area contributed by atoms with Crippen LogP contribution in [-0.4, -0.2) is 32.4 Å². The SMILES string of the molecule is Cc1cc(CN2CCCC2Cn2nc(C)cc2C)on1. The van der Waals surface area contributed by atoms with Crippen LogP contribution >= 0.6 is 0 Å². The molecular weight excluding hydrogens is 252 g/mol. The van der Waals surface area contributed by atoms with Crippen LogP contribution in [0.3, 0.4) is 0 Å². The second-order valence-corrected chi connectivity index (χ2v) is 5.81. The lowest BCUT2D eigenvalue weighted by molar-refractivity contribution is 0.194. The highest BCUT2D eigenvalue weighted by molar-refractivity contribution is 5.07. The fourth-order valence-corrected chi connectivity index (χ4v) is 3.06. The highest BCUT2D eigenvalue weighted by Gasteiger charge is 2.26. The minimum Gasteiger partial charge on any atom is -0.360 e. The zero-order valence-electron chi connectivity index (χ0n) is 12.5. The number of hydrogen-bond acceptors (Lipinski definition) is 4. The van der Waals surface area contributed by atoms with Crippen LogP contribution in [0.1, 0.15) is 35.7 Å². The molecule has 1 aliphatic rings. The first-order chi connectivity index (χ1) is 9.61. The van der Waals surface area contributed by atoms with Crippen LogP contribution in [0.15, 0.2) is 16.7 Å². The Bertz CT molecular complexity index is 586. The summed E-state index contributed by atoms with van der Waals surface area (Å²) in [5, 5.41) is 8.54. The third-order valence-corrected chi connectivity index (χ3v) is 4.02. The Morgan fingerprint density at radius 2 is 2.10 bits per heavy atom. The molecule has 1 fully saturated rings. The van der Waals surface area contributed by atoms with Crippen LogP contribution in [0.2, 0.25) is 0 Å². The largest absolute Gasteiger partial charge is 0.360 e. The van der Waals surface area contributed by atoms with Crippen molar-refractivity contribution in [2.24, 2.45) is 0 Å². The maximum Gasteiger partial charge on any atom is 0.150 e. The summed E-state index contributed by atoms with van der Waals surface area (Å²) in [5.41, 5.74) is 3.29. The molecule has 3 heterocycles. The van der Waals surface area contributed by atoms with Crippen molar-refractivity contribution in [1.29, 1.82) is 0 Å². The van der Waals surface area contributed by atoms with E-state index in [-0.39, 0.29) is 0 Å².